The van der Waals surface area contributed by atoms with E-state index in [2.05, 4.69) is 61.5 Å². The smallest absolute Gasteiger partial charge is 0.310 e. The van der Waals surface area contributed by atoms with Crippen LogP contribution in [0.25, 0.3) is 5.57 Å². The Hall–Kier alpha value is -2.17. The summed E-state index contributed by atoms with van der Waals surface area (Å²) in [7, 11) is 4.18. The molecule has 0 bridgehead atoms. The maximum absolute atomic E-state index is 12.1. The minimum atomic E-state index is -0.176. The number of fused-ring (bicyclic) bond motifs is 2. The fraction of sp³-hybridized carbons (Fsp3) is 0.458. The summed E-state index contributed by atoms with van der Waals surface area (Å²) in [6.45, 7) is 5.36. The minimum absolute atomic E-state index is 0.0304. The average Bonchev–Trinajstić information content (AvgIpc) is 2.78. The van der Waals surface area contributed by atoms with Gasteiger partial charge in [0.1, 0.15) is 0 Å². The SMILES string of the molecule is CC(C)OC(=O)CC1=CCC2OCc3ccccc3/C(=C/CCN(C)C)C2=C1. The summed E-state index contributed by atoms with van der Waals surface area (Å²) < 4.78 is 11.6. The molecule has 0 aromatic heterocycles. The third kappa shape index (κ3) is 5.21. The molecule has 1 atom stereocenters. The first-order valence-corrected chi connectivity index (χ1v) is 10.1. The minimum Gasteiger partial charge on any atom is -0.463 e. The number of nitrogens with zero attached hydrogens (tertiary/aromatic N) is 1. The summed E-state index contributed by atoms with van der Waals surface area (Å²) in [6, 6.07) is 8.46. The second-order valence-electron chi connectivity index (χ2n) is 8.00. The maximum Gasteiger partial charge on any atom is 0.310 e. The van der Waals surface area contributed by atoms with Crippen LogP contribution < -0.4 is 0 Å². The van der Waals surface area contributed by atoms with Crippen LogP contribution in [0.2, 0.25) is 0 Å². The van der Waals surface area contributed by atoms with E-state index in [1.54, 1.807) is 0 Å². The molecule has 1 aliphatic carbocycles. The van der Waals surface area contributed by atoms with E-state index in [0.29, 0.717) is 13.0 Å². The molecule has 4 nitrogen and oxygen atoms in total. The monoisotopic (exact) mass is 381 g/mol. The van der Waals surface area contributed by atoms with Gasteiger partial charge in [-0.3, -0.25) is 4.79 Å². The molecular formula is C24H31NO3. The quantitative estimate of drug-likeness (QED) is 0.679. The van der Waals surface area contributed by atoms with E-state index >= 15 is 0 Å². The predicted molar refractivity (Wildman–Crippen MR) is 113 cm³/mol. The number of ether oxygens (including phenoxy) is 2. The Labute approximate surface area is 168 Å². The fourth-order valence-corrected chi connectivity index (χ4v) is 3.69. The van der Waals surface area contributed by atoms with Crippen LogP contribution in [-0.4, -0.2) is 43.7 Å². The first-order valence-electron chi connectivity index (χ1n) is 10.1. The molecule has 0 spiro atoms. The summed E-state index contributed by atoms with van der Waals surface area (Å²) in [5.74, 6) is -0.176. The van der Waals surface area contributed by atoms with Crippen molar-refractivity contribution >= 4 is 11.5 Å². The van der Waals surface area contributed by atoms with Crippen molar-refractivity contribution in [2.24, 2.45) is 0 Å². The van der Waals surface area contributed by atoms with Gasteiger partial charge in [-0.1, -0.05) is 42.5 Å². The van der Waals surface area contributed by atoms with Gasteiger partial charge in [0, 0.05) is 6.54 Å². The molecule has 150 valence electrons. The van der Waals surface area contributed by atoms with Crippen LogP contribution in [-0.2, 0) is 20.9 Å². The Morgan fingerprint density at radius 3 is 2.86 bits per heavy atom. The van der Waals surface area contributed by atoms with Crippen LogP contribution in [0, 0.1) is 0 Å². The highest BCUT2D eigenvalue weighted by Gasteiger charge is 2.27. The molecule has 0 saturated heterocycles. The van der Waals surface area contributed by atoms with Crippen LogP contribution >= 0.6 is 0 Å². The number of rotatable bonds is 6. The Balaban J connectivity index is 1.92. The first-order chi connectivity index (χ1) is 13.4. The third-order valence-electron chi connectivity index (χ3n) is 4.98. The van der Waals surface area contributed by atoms with Crippen molar-refractivity contribution in [3.63, 3.8) is 0 Å². The number of hydrogen-bond acceptors (Lipinski definition) is 4. The van der Waals surface area contributed by atoms with Gasteiger partial charge < -0.3 is 14.4 Å². The van der Waals surface area contributed by atoms with E-state index in [0.717, 1.165) is 25.0 Å². The van der Waals surface area contributed by atoms with E-state index in [-0.39, 0.29) is 18.2 Å². The molecule has 0 fully saturated rings. The number of hydrogen-bond donors (Lipinski definition) is 0. The molecule has 1 aromatic rings. The molecule has 1 heterocycles. The number of allylic oxidation sites excluding steroid dienone is 1. The Kier molecular flexibility index (Phi) is 6.87. The lowest BCUT2D eigenvalue weighted by molar-refractivity contribution is -0.146. The van der Waals surface area contributed by atoms with Gasteiger partial charge in [-0.2, -0.15) is 0 Å². The number of esters is 1. The predicted octanol–water partition coefficient (Wildman–Crippen LogP) is 4.52. The van der Waals surface area contributed by atoms with Gasteiger partial charge in [-0.25, -0.2) is 0 Å². The maximum atomic E-state index is 12.1. The summed E-state index contributed by atoms with van der Waals surface area (Å²) in [5.41, 5.74) is 5.88. The fourth-order valence-electron chi connectivity index (χ4n) is 3.69. The topological polar surface area (TPSA) is 38.8 Å². The summed E-state index contributed by atoms with van der Waals surface area (Å²) in [4.78, 5) is 14.3. The van der Waals surface area contributed by atoms with Crippen molar-refractivity contribution in [2.75, 3.05) is 20.6 Å². The molecule has 0 radical (unpaired) electrons. The van der Waals surface area contributed by atoms with Gasteiger partial charge >= 0.3 is 5.97 Å². The highest BCUT2D eigenvalue weighted by atomic mass is 16.5. The first kappa shape index (κ1) is 20.6. The second-order valence-corrected chi connectivity index (χ2v) is 8.00. The van der Waals surface area contributed by atoms with E-state index < -0.39 is 0 Å². The van der Waals surface area contributed by atoms with Crippen molar-refractivity contribution < 1.29 is 14.3 Å². The summed E-state index contributed by atoms with van der Waals surface area (Å²) in [6.07, 6.45) is 8.57. The van der Waals surface area contributed by atoms with Gasteiger partial charge in [0.2, 0.25) is 0 Å². The lowest BCUT2D eigenvalue weighted by Crippen LogP contribution is -2.19. The van der Waals surface area contributed by atoms with Crippen molar-refractivity contribution in [1.82, 2.24) is 4.90 Å². The lowest BCUT2D eigenvalue weighted by Gasteiger charge is -2.24. The molecule has 1 aromatic carbocycles. The highest BCUT2D eigenvalue weighted by molar-refractivity contribution is 5.84. The van der Waals surface area contributed by atoms with Gasteiger partial charge in [-0.05, 0) is 68.6 Å². The molecule has 3 rings (SSSR count). The highest BCUT2D eigenvalue weighted by Crippen LogP contribution is 2.38. The Morgan fingerprint density at radius 1 is 1.32 bits per heavy atom. The van der Waals surface area contributed by atoms with Crippen LogP contribution in [0.5, 0.6) is 0 Å². The molecule has 1 unspecified atom stereocenters. The van der Waals surface area contributed by atoms with Crippen molar-refractivity contribution in [1.29, 1.82) is 0 Å². The van der Waals surface area contributed by atoms with Gasteiger partial charge in [0.15, 0.2) is 0 Å². The Morgan fingerprint density at radius 2 is 2.11 bits per heavy atom. The van der Waals surface area contributed by atoms with Crippen LogP contribution in [0.3, 0.4) is 0 Å². The molecule has 28 heavy (non-hydrogen) atoms. The van der Waals surface area contributed by atoms with E-state index in [4.69, 9.17) is 9.47 Å². The second kappa shape index (κ2) is 9.35. The zero-order chi connectivity index (χ0) is 20.1. The van der Waals surface area contributed by atoms with Gasteiger partial charge in [-0.15, -0.1) is 0 Å². The van der Waals surface area contributed by atoms with E-state index in [1.165, 1.54) is 22.3 Å². The van der Waals surface area contributed by atoms with Crippen molar-refractivity contribution in [3.8, 4) is 0 Å². The summed E-state index contributed by atoms with van der Waals surface area (Å²) >= 11 is 0. The number of carbonyl (C=O) groups excluding carboxylic acids is 1. The summed E-state index contributed by atoms with van der Waals surface area (Å²) in [5, 5.41) is 0. The number of benzene rings is 1. The van der Waals surface area contributed by atoms with Crippen LogP contribution in [0.1, 0.15) is 44.2 Å². The van der Waals surface area contributed by atoms with E-state index in [9.17, 15) is 4.79 Å². The molecule has 1 aliphatic heterocycles. The largest absolute Gasteiger partial charge is 0.463 e. The zero-order valence-corrected chi connectivity index (χ0v) is 17.4. The molecule has 0 amide bonds. The van der Waals surface area contributed by atoms with E-state index in [1.807, 2.05) is 13.8 Å². The standard InChI is InChI=1S/C24H31NO3/c1-17(2)28-24(26)15-18-11-12-23-22(14-18)21(10-7-13-25(3)4)20-9-6-5-8-19(20)16-27-23/h5-6,8-11,14,17,23H,7,12-13,15-16H2,1-4H3/b21-10-. The van der Waals surface area contributed by atoms with Crippen LogP contribution in [0.15, 0.2) is 53.6 Å². The Bertz CT molecular complexity index is 802. The zero-order valence-electron chi connectivity index (χ0n) is 17.4. The van der Waals surface area contributed by atoms with Crippen molar-refractivity contribution in [2.45, 2.75) is 51.9 Å². The molecule has 2 aliphatic rings. The van der Waals surface area contributed by atoms with Gasteiger partial charge in [0.25, 0.3) is 0 Å². The van der Waals surface area contributed by atoms with Gasteiger partial charge in [0.05, 0.1) is 25.2 Å². The molecular weight excluding hydrogens is 350 g/mol. The normalized spacial score (nSPS) is 20.4. The molecule has 0 N–H and O–H groups in total. The molecule has 0 saturated carbocycles. The average molecular weight is 382 g/mol. The lowest BCUT2D eigenvalue weighted by atomic mass is 9.85. The van der Waals surface area contributed by atoms with Crippen molar-refractivity contribution in [3.05, 3.63) is 64.8 Å². The third-order valence-corrected chi connectivity index (χ3v) is 4.98. The van der Waals surface area contributed by atoms with Crippen LogP contribution in [0.4, 0.5) is 0 Å². The molecule has 4 heteroatoms. The number of carbonyl (C=O) groups is 1.